The lowest BCUT2D eigenvalue weighted by Crippen LogP contribution is -2.41. The van der Waals surface area contributed by atoms with Gasteiger partial charge in [-0.1, -0.05) is 49.2 Å². The van der Waals surface area contributed by atoms with Crippen LogP contribution in [0.4, 0.5) is 0 Å². The summed E-state index contributed by atoms with van der Waals surface area (Å²) in [6, 6.07) is 6.26. The number of hydrogen-bond donors (Lipinski definition) is 1. The molecule has 18 heavy (non-hydrogen) atoms. The minimum atomic E-state index is 0.517. The summed E-state index contributed by atoms with van der Waals surface area (Å²) in [5.74, 6) is 0.613. The Bertz CT molecular complexity index is 370. The summed E-state index contributed by atoms with van der Waals surface area (Å²) in [6.07, 6.45) is 0. The van der Waals surface area contributed by atoms with E-state index in [1.54, 1.807) is 0 Å². The Kier molecular flexibility index (Phi) is 6.44. The van der Waals surface area contributed by atoms with Gasteiger partial charge in [0.15, 0.2) is 0 Å². The van der Waals surface area contributed by atoms with Crippen LogP contribution >= 0.6 is 23.2 Å². The van der Waals surface area contributed by atoms with Crippen molar-refractivity contribution in [2.45, 2.75) is 26.4 Å². The van der Waals surface area contributed by atoms with E-state index in [0.29, 0.717) is 22.0 Å². The van der Waals surface area contributed by atoms with E-state index in [0.717, 1.165) is 18.7 Å². The van der Waals surface area contributed by atoms with E-state index >= 15 is 0 Å². The summed E-state index contributed by atoms with van der Waals surface area (Å²) in [5, 5.41) is 4.71. The van der Waals surface area contributed by atoms with Crippen LogP contribution in [0.25, 0.3) is 0 Å². The molecule has 0 aliphatic heterocycles. The summed E-state index contributed by atoms with van der Waals surface area (Å²) in [4.78, 5) is 2.25. The van der Waals surface area contributed by atoms with Crippen molar-refractivity contribution in [3.05, 3.63) is 33.8 Å². The molecule has 0 saturated heterocycles. The Morgan fingerprint density at radius 1 is 1.22 bits per heavy atom. The molecule has 0 amide bonds. The fourth-order valence-electron chi connectivity index (χ4n) is 2.05. The zero-order valence-corrected chi connectivity index (χ0v) is 13.0. The van der Waals surface area contributed by atoms with Gasteiger partial charge in [-0.15, -0.1) is 0 Å². The van der Waals surface area contributed by atoms with Crippen LogP contribution in [0, 0.1) is 5.92 Å². The van der Waals surface area contributed by atoms with Gasteiger partial charge in [0.2, 0.25) is 0 Å². The predicted molar refractivity (Wildman–Crippen MR) is 80.5 cm³/mol. The smallest absolute Gasteiger partial charge is 0.0637 e. The molecule has 1 unspecified atom stereocenters. The molecule has 0 spiro atoms. The average Bonchev–Trinajstić information content (AvgIpc) is 2.28. The summed E-state index contributed by atoms with van der Waals surface area (Å²) in [5.41, 5.74) is 1.05. The highest BCUT2D eigenvalue weighted by atomic mass is 35.5. The lowest BCUT2D eigenvalue weighted by Gasteiger charge is -2.28. The fraction of sp³-hybridized carbons (Fsp3) is 0.571. The Labute approximate surface area is 120 Å². The largest absolute Gasteiger partial charge is 0.311 e. The van der Waals surface area contributed by atoms with Crippen molar-refractivity contribution in [1.29, 1.82) is 0 Å². The molecule has 0 bridgehead atoms. The van der Waals surface area contributed by atoms with E-state index < -0.39 is 0 Å². The van der Waals surface area contributed by atoms with Crippen molar-refractivity contribution in [2.75, 3.05) is 20.6 Å². The highest BCUT2D eigenvalue weighted by molar-refractivity contribution is 6.42. The van der Waals surface area contributed by atoms with Crippen molar-refractivity contribution >= 4 is 23.2 Å². The van der Waals surface area contributed by atoms with Gasteiger partial charge >= 0.3 is 0 Å². The molecule has 1 rings (SSSR count). The quantitative estimate of drug-likeness (QED) is 0.859. The molecule has 2 nitrogen and oxygen atoms in total. The summed E-state index contributed by atoms with van der Waals surface area (Å²) < 4.78 is 0. The normalized spacial score (nSPS) is 13.3. The highest BCUT2D eigenvalue weighted by Crippen LogP contribution is 2.25. The van der Waals surface area contributed by atoms with Crippen LogP contribution < -0.4 is 5.32 Å². The topological polar surface area (TPSA) is 15.3 Å². The van der Waals surface area contributed by atoms with Gasteiger partial charge in [0.1, 0.15) is 0 Å². The minimum absolute atomic E-state index is 0.517. The number of nitrogens with zero attached hydrogens (tertiary/aromatic N) is 1. The third-order valence-corrected chi connectivity index (χ3v) is 3.99. The van der Waals surface area contributed by atoms with E-state index in [1.165, 1.54) is 0 Å². The first kappa shape index (κ1) is 15.8. The van der Waals surface area contributed by atoms with E-state index in [-0.39, 0.29) is 0 Å². The monoisotopic (exact) mass is 288 g/mol. The highest BCUT2D eigenvalue weighted by Gasteiger charge is 2.15. The van der Waals surface area contributed by atoms with Crippen molar-refractivity contribution < 1.29 is 0 Å². The van der Waals surface area contributed by atoms with E-state index in [9.17, 15) is 0 Å². The van der Waals surface area contributed by atoms with Gasteiger partial charge in [-0.05, 0) is 31.6 Å². The van der Waals surface area contributed by atoms with Gasteiger partial charge in [0.25, 0.3) is 0 Å². The van der Waals surface area contributed by atoms with Crippen molar-refractivity contribution in [1.82, 2.24) is 10.2 Å². The van der Waals surface area contributed by atoms with E-state index in [1.807, 2.05) is 18.2 Å². The van der Waals surface area contributed by atoms with Crippen LogP contribution in [-0.2, 0) is 6.54 Å². The summed E-state index contributed by atoms with van der Waals surface area (Å²) in [7, 11) is 4.22. The van der Waals surface area contributed by atoms with Gasteiger partial charge < -0.3 is 10.2 Å². The molecule has 0 aliphatic rings. The first-order chi connectivity index (χ1) is 8.43. The summed E-state index contributed by atoms with van der Waals surface area (Å²) >= 11 is 12.1. The molecule has 1 aromatic rings. The number of benzene rings is 1. The molecule has 102 valence electrons. The molecule has 1 atom stereocenters. The van der Waals surface area contributed by atoms with Gasteiger partial charge in [-0.2, -0.15) is 0 Å². The molecule has 1 aromatic carbocycles. The van der Waals surface area contributed by atoms with Crippen LogP contribution in [0.15, 0.2) is 18.2 Å². The second-order valence-corrected chi connectivity index (χ2v) is 5.90. The molecule has 1 N–H and O–H groups in total. The maximum atomic E-state index is 6.15. The minimum Gasteiger partial charge on any atom is -0.311 e. The Morgan fingerprint density at radius 2 is 1.89 bits per heavy atom. The maximum absolute atomic E-state index is 6.15. The van der Waals surface area contributed by atoms with Gasteiger partial charge in [-0.3, -0.25) is 0 Å². The molecular formula is C14H22Cl2N2. The van der Waals surface area contributed by atoms with Crippen LogP contribution in [0.2, 0.25) is 10.0 Å². The number of likely N-dealkylation sites (N-methyl/N-ethyl adjacent to an activating group) is 1. The molecule has 0 aliphatic carbocycles. The number of nitrogens with one attached hydrogen (secondary N) is 1. The van der Waals surface area contributed by atoms with Crippen molar-refractivity contribution in [2.24, 2.45) is 5.92 Å². The number of halogens is 2. The second-order valence-electron chi connectivity index (χ2n) is 5.12. The second kappa shape index (κ2) is 7.34. The first-order valence-electron chi connectivity index (χ1n) is 6.23. The zero-order chi connectivity index (χ0) is 13.7. The first-order valence-corrected chi connectivity index (χ1v) is 6.99. The predicted octanol–water partition coefficient (Wildman–Crippen LogP) is 3.67. The molecule has 4 heteroatoms. The van der Waals surface area contributed by atoms with Crippen molar-refractivity contribution in [3.8, 4) is 0 Å². The third-order valence-electron chi connectivity index (χ3n) is 3.13. The number of hydrogen-bond acceptors (Lipinski definition) is 2. The number of rotatable bonds is 6. The Morgan fingerprint density at radius 3 is 2.44 bits per heavy atom. The van der Waals surface area contributed by atoms with E-state index in [2.05, 4.69) is 38.2 Å². The Hall–Kier alpha value is -0.280. The average molecular weight is 289 g/mol. The summed E-state index contributed by atoms with van der Waals surface area (Å²) in [6.45, 7) is 6.15. The van der Waals surface area contributed by atoms with Gasteiger partial charge in [0.05, 0.1) is 10.0 Å². The molecule has 0 aromatic heterocycles. The third kappa shape index (κ3) is 4.43. The lowest BCUT2D eigenvalue weighted by molar-refractivity contribution is 0.224. The van der Waals surface area contributed by atoms with Crippen LogP contribution in [0.5, 0.6) is 0 Å². The standard InChI is InChI=1S/C14H22Cl2N2/c1-10(2)13(18(3)4)9-17-8-11-6-5-7-12(15)14(11)16/h5-7,10,13,17H,8-9H2,1-4H3. The molecule has 0 radical (unpaired) electrons. The maximum Gasteiger partial charge on any atom is 0.0637 e. The van der Waals surface area contributed by atoms with E-state index in [4.69, 9.17) is 23.2 Å². The van der Waals surface area contributed by atoms with Gasteiger partial charge in [-0.25, -0.2) is 0 Å². The van der Waals surface area contributed by atoms with Crippen LogP contribution in [0.1, 0.15) is 19.4 Å². The lowest BCUT2D eigenvalue weighted by atomic mass is 10.0. The van der Waals surface area contributed by atoms with Crippen molar-refractivity contribution in [3.63, 3.8) is 0 Å². The molecule has 0 heterocycles. The van der Waals surface area contributed by atoms with Crippen LogP contribution in [0.3, 0.4) is 0 Å². The Balaban J connectivity index is 2.53. The molecular weight excluding hydrogens is 267 g/mol. The SMILES string of the molecule is CC(C)C(CNCc1cccc(Cl)c1Cl)N(C)C. The van der Waals surface area contributed by atoms with Gasteiger partial charge in [0, 0.05) is 19.1 Å². The zero-order valence-electron chi connectivity index (χ0n) is 11.5. The fourth-order valence-corrected chi connectivity index (χ4v) is 2.44. The van der Waals surface area contributed by atoms with Crippen LogP contribution in [-0.4, -0.2) is 31.6 Å². The molecule has 0 saturated carbocycles. The molecule has 0 fully saturated rings.